The molecule has 1 aliphatic rings. The molecule has 0 aliphatic heterocycles. The minimum absolute atomic E-state index is 0.352. The van der Waals surface area contributed by atoms with Crippen LogP contribution in [0.3, 0.4) is 0 Å². The zero-order chi connectivity index (χ0) is 15.4. The van der Waals surface area contributed by atoms with Gasteiger partial charge in [-0.25, -0.2) is 9.97 Å². The smallest absolute Gasteiger partial charge is 0.213 e. The minimum atomic E-state index is 0.352. The molecule has 114 valence electrons. The summed E-state index contributed by atoms with van der Waals surface area (Å²) >= 11 is 5.99. The van der Waals surface area contributed by atoms with Gasteiger partial charge in [0, 0.05) is 30.4 Å². The number of nitrogen functional groups attached to an aromatic ring is 1. The number of hydrogen-bond donors (Lipinski definition) is 1. The van der Waals surface area contributed by atoms with Gasteiger partial charge in [-0.2, -0.15) is 0 Å². The summed E-state index contributed by atoms with van der Waals surface area (Å²) in [6.45, 7) is 1.27. The second-order valence-electron chi connectivity index (χ2n) is 5.33. The molecule has 0 amide bonds. The zero-order valence-electron chi connectivity index (χ0n) is 12.1. The van der Waals surface area contributed by atoms with Crippen molar-refractivity contribution in [2.45, 2.75) is 19.4 Å². The van der Waals surface area contributed by atoms with E-state index in [2.05, 4.69) is 15.0 Å². The molecule has 0 unspecified atom stereocenters. The summed E-state index contributed by atoms with van der Waals surface area (Å²) in [6, 6.07) is 5.53. The fourth-order valence-corrected chi connectivity index (χ4v) is 2.12. The first-order chi connectivity index (χ1) is 10.7. The molecule has 1 aliphatic carbocycles. The zero-order valence-corrected chi connectivity index (χ0v) is 12.8. The van der Waals surface area contributed by atoms with Crippen LogP contribution >= 0.6 is 11.6 Å². The molecular weight excluding hydrogens is 300 g/mol. The summed E-state index contributed by atoms with van der Waals surface area (Å²) in [5.41, 5.74) is 8.03. The van der Waals surface area contributed by atoms with Crippen LogP contribution in [-0.2, 0) is 6.54 Å². The number of rotatable bonds is 6. The SMILES string of the molecule is Nc1ccnc(Cl)c1C=NCc1ccc(OCC2CC2)nc1. The Labute approximate surface area is 134 Å². The topological polar surface area (TPSA) is 73.4 Å². The Hall–Kier alpha value is -2.14. The molecule has 0 atom stereocenters. The Morgan fingerprint density at radius 2 is 2.18 bits per heavy atom. The van der Waals surface area contributed by atoms with Crippen molar-refractivity contribution in [3.8, 4) is 5.88 Å². The van der Waals surface area contributed by atoms with Gasteiger partial charge in [-0.3, -0.25) is 4.99 Å². The molecule has 0 bridgehead atoms. The minimum Gasteiger partial charge on any atom is -0.477 e. The van der Waals surface area contributed by atoms with Crippen LogP contribution in [0, 0.1) is 5.92 Å². The van der Waals surface area contributed by atoms with E-state index < -0.39 is 0 Å². The summed E-state index contributed by atoms with van der Waals surface area (Å²) in [6.07, 6.45) is 7.52. The fourth-order valence-electron chi connectivity index (χ4n) is 1.91. The summed E-state index contributed by atoms with van der Waals surface area (Å²) in [5.74, 6) is 1.39. The molecule has 2 aromatic rings. The van der Waals surface area contributed by atoms with Crippen LogP contribution in [-0.4, -0.2) is 22.8 Å². The molecule has 22 heavy (non-hydrogen) atoms. The van der Waals surface area contributed by atoms with E-state index in [0.29, 0.717) is 28.8 Å². The summed E-state index contributed by atoms with van der Waals surface area (Å²) in [4.78, 5) is 12.6. The van der Waals surface area contributed by atoms with Crippen LogP contribution in [0.2, 0.25) is 5.15 Å². The Morgan fingerprint density at radius 3 is 2.86 bits per heavy atom. The molecule has 2 heterocycles. The van der Waals surface area contributed by atoms with E-state index in [1.54, 1.807) is 24.7 Å². The van der Waals surface area contributed by atoms with E-state index in [1.165, 1.54) is 12.8 Å². The van der Waals surface area contributed by atoms with Gasteiger partial charge in [-0.15, -0.1) is 0 Å². The number of aliphatic imine (C=N–C) groups is 1. The summed E-state index contributed by atoms with van der Waals surface area (Å²) in [7, 11) is 0. The van der Waals surface area contributed by atoms with Crippen LogP contribution in [0.25, 0.3) is 0 Å². The Balaban J connectivity index is 1.57. The summed E-state index contributed by atoms with van der Waals surface area (Å²) in [5, 5.41) is 0.352. The predicted octanol–water partition coefficient (Wildman–Crippen LogP) is 3.12. The average Bonchev–Trinajstić information content (AvgIpc) is 3.34. The van der Waals surface area contributed by atoms with Gasteiger partial charge in [0.1, 0.15) is 5.15 Å². The molecule has 0 aromatic carbocycles. The molecule has 6 heteroatoms. The lowest BCUT2D eigenvalue weighted by atomic mass is 10.2. The first-order valence-corrected chi connectivity index (χ1v) is 7.57. The third-order valence-electron chi connectivity index (χ3n) is 3.43. The normalized spacial score (nSPS) is 14.4. The number of hydrogen-bond acceptors (Lipinski definition) is 5. The maximum absolute atomic E-state index is 5.99. The van der Waals surface area contributed by atoms with Crippen molar-refractivity contribution in [2.75, 3.05) is 12.3 Å². The summed E-state index contributed by atoms with van der Waals surface area (Å²) < 4.78 is 5.60. The van der Waals surface area contributed by atoms with E-state index >= 15 is 0 Å². The van der Waals surface area contributed by atoms with E-state index in [4.69, 9.17) is 22.1 Å². The maximum Gasteiger partial charge on any atom is 0.213 e. The van der Waals surface area contributed by atoms with Crippen molar-refractivity contribution < 1.29 is 4.74 Å². The van der Waals surface area contributed by atoms with Crippen molar-refractivity contribution in [2.24, 2.45) is 10.9 Å². The number of anilines is 1. The highest BCUT2D eigenvalue weighted by Gasteiger charge is 2.21. The van der Waals surface area contributed by atoms with Crippen molar-refractivity contribution in [3.05, 3.63) is 46.9 Å². The van der Waals surface area contributed by atoms with Gasteiger partial charge in [-0.05, 0) is 30.4 Å². The third kappa shape index (κ3) is 3.95. The number of pyridine rings is 2. The quantitative estimate of drug-likeness (QED) is 0.656. The number of ether oxygens (including phenoxy) is 1. The molecule has 1 fully saturated rings. The van der Waals surface area contributed by atoms with Gasteiger partial charge in [0.15, 0.2) is 0 Å². The Bertz CT molecular complexity index is 648. The molecule has 2 N–H and O–H groups in total. The van der Waals surface area contributed by atoms with Crippen molar-refractivity contribution in [1.82, 2.24) is 9.97 Å². The van der Waals surface area contributed by atoms with E-state index in [1.807, 2.05) is 12.1 Å². The van der Waals surface area contributed by atoms with Crippen molar-refractivity contribution >= 4 is 23.5 Å². The van der Waals surface area contributed by atoms with E-state index in [9.17, 15) is 0 Å². The molecule has 5 nitrogen and oxygen atoms in total. The monoisotopic (exact) mass is 316 g/mol. The van der Waals surface area contributed by atoms with Crippen LogP contribution in [0.4, 0.5) is 5.69 Å². The highest BCUT2D eigenvalue weighted by atomic mass is 35.5. The highest BCUT2D eigenvalue weighted by Crippen LogP contribution is 2.29. The largest absolute Gasteiger partial charge is 0.477 e. The van der Waals surface area contributed by atoms with Gasteiger partial charge in [0.05, 0.1) is 18.7 Å². The number of nitrogens with two attached hydrogens (primary N) is 1. The van der Waals surface area contributed by atoms with Crippen LogP contribution in [0.1, 0.15) is 24.0 Å². The van der Waals surface area contributed by atoms with Gasteiger partial charge in [-0.1, -0.05) is 17.7 Å². The number of aromatic nitrogens is 2. The van der Waals surface area contributed by atoms with Gasteiger partial charge < -0.3 is 10.5 Å². The molecule has 0 radical (unpaired) electrons. The standard InChI is InChI=1S/C16H17ClN4O/c17-16-13(14(18)5-6-20-16)9-19-7-12-3-4-15(21-8-12)22-10-11-1-2-11/h3-6,8-9,11H,1-2,7,10H2,(H2,18,20). The van der Waals surface area contributed by atoms with Gasteiger partial charge in [0.2, 0.25) is 5.88 Å². The van der Waals surface area contributed by atoms with Crippen molar-refractivity contribution in [1.29, 1.82) is 0 Å². The Kier molecular flexibility index (Phi) is 4.53. The van der Waals surface area contributed by atoms with Crippen LogP contribution in [0.15, 0.2) is 35.6 Å². The molecule has 0 saturated heterocycles. The third-order valence-corrected chi connectivity index (χ3v) is 3.73. The van der Waals surface area contributed by atoms with Crippen molar-refractivity contribution in [3.63, 3.8) is 0 Å². The van der Waals surface area contributed by atoms with Gasteiger partial charge >= 0.3 is 0 Å². The van der Waals surface area contributed by atoms with Crippen LogP contribution in [0.5, 0.6) is 5.88 Å². The molecule has 1 saturated carbocycles. The molecule has 2 aromatic heterocycles. The fraction of sp³-hybridized carbons (Fsp3) is 0.312. The maximum atomic E-state index is 5.99. The van der Waals surface area contributed by atoms with Crippen LogP contribution < -0.4 is 10.5 Å². The van der Waals surface area contributed by atoms with E-state index in [0.717, 1.165) is 18.1 Å². The predicted molar refractivity (Wildman–Crippen MR) is 87.4 cm³/mol. The molecular formula is C16H17ClN4O. The highest BCUT2D eigenvalue weighted by molar-refractivity contribution is 6.32. The van der Waals surface area contributed by atoms with E-state index in [-0.39, 0.29) is 0 Å². The molecule has 3 rings (SSSR count). The second-order valence-corrected chi connectivity index (χ2v) is 5.69. The first-order valence-electron chi connectivity index (χ1n) is 7.20. The lowest BCUT2D eigenvalue weighted by Gasteiger charge is -2.04. The number of nitrogens with zero attached hydrogens (tertiary/aromatic N) is 3. The van der Waals surface area contributed by atoms with Gasteiger partial charge in [0.25, 0.3) is 0 Å². The Morgan fingerprint density at radius 1 is 1.32 bits per heavy atom. The lowest BCUT2D eigenvalue weighted by molar-refractivity contribution is 0.288. The second kappa shape index (κ2) is 6.75. The number of halogens is 1. The average molecular weight is 317 g/mol. The first kappa shape index (κ1) is 14.8. The lowest BCUT2D eigenvalue weighted by Crippen LogP contribution is -2.00. The molecule has 0 spiro atoms.